The molecule has 0 bridgehead atoms. The number of benzene rings is 1. The molecule has 1 amide bonds. The number of esters is 2. The molecule has 17 heavy (non-hydrogen) atoms. The highest BCUT2D eigenvalue weighted by molar-refractivity contribution is 6.37. The van der Waals surface area contributed by atoms with Crippen molar-refractivity contribution in [2.24, 2.45) is 0 Å². The van der Waals surface area contributed by atoms with Crippen LogP contribution in [0.5, 0.6) is 0 Å². The Morgan fingerprint density at radius 1 is 1.06 bits per heavy atom. The zero-order valence-corrected chi connectivity index (χ0v) is 9.35. The van der Waals surface area contributed by atoms with E-state index in [9.17, 15) is 14.4 Å². The summed E-state index contributed by atoms with van der Waals surface area (Å²) >= 11 is 0. The fourth-order valence-corrected chi connectivity index (χ4v) is 1.15. The lowest BCUT2D eigenvalue weighted by Gasteiger charge is -2.08. The predicted molar refractivity (Wildman–Crippen MR) is 58.4 cm³/mol. The molecule has 0 spiro atoms. The maximum Gasteiger partial charge on any atom is 0.396 e. The van der Waals surface area contributed by atoms with Crippen molar-refractivity contribution in [2.45, 2.75) is 0 Å². The Hall–Kier alpha value is -2.37. The van der Waals surface area contributed by atoms with Crippen LogP contribution in [0.1, 0.15) is 10.4 Å². The summed E-state index contributed by atoms with van der Waals surface area (Å²) in [6, 6.07) is 6.17. The maximum absolute atomic E-state index is 11.4. The van der Waals surface area contributed by atoms with Crippen LogP contribution in [0.15, 0.2) is 24.3 Å². The molecule has 90 valence electrons. The Morgan fingerprint density at radius 2 is 1.71 bits per heavy atom. The Kier molecular flexibility index (Phi) is 4.21. The lowest BCUT2D eigenvalue weighted by molar-refractivity contribution is -0.150. The summed E-state index contributed by atoms with van der Waals surface area (Å²) < 4.78 is 8.78. The maximum atomic E-state index is 11.4. The number of nitrogens with one attached hydrogen (secondary N) is 1. The van der Waals surface area contributed by atoms with Gasteiger partial charge in [0.1, 0.15) is 0 Å². The van der Waals surface area contributed by atoms with E-state index in [1.54, 1.807) is 12.1 Å². The summed E-state index contributed by atoms with van der Waals surface area (Å²) in [4.78, 5) is 33.6. The van der Waals surface area contributed by atoms with Crippen LogP contribution in [0.3, 0.4) is 0 Å². The number of hydrogen-bond donors (Lipinski definition) is 1. The van der Waals surface area contributed by atoms with E-state index in [2.05, 4.69) is 14.8 Å². The van der Waals surface area contributed by atoms with Crippen molar-refractivity contribution in [3.8, 4) is 0 Å². The zero-order valence-electron chi connectivity index (χ0n) is 9.35. The van der Waals surface area contributed by atoms with Crippen molar-refractivity contribution in [2.75, 3.05) is 19.5 Å². The topological polar surface area (TPSA) is 81.7 Å². The van der Waals surface area contributed by atoms with Crippen molar-refractivity contribution in [3.63, 3.8) is 0 Å². The van der Waals surface area contributed by atoms with Crippen molar-refractivity contribution >= 4 is 23.5 Å². The van der Waals surface area contributed by atoms with Crippen molar-refractivity contribution in [1.29, 1.82) is 0 Å². The molecular weight excluding hydrogens is 226 g/mol. The molecule has 0 aromatic heterocycles. The van der Waals surface area contributed by atoms with E-state index in [0.717, 1.165) is 7.11 Å². The van der Waals surface area contributed by atoms with Gasteiger partial charge in [0, 0.05) is 0 Å². The third kappa shape index (κ3) is 3.04. The van der Waals surface area contributed by atoms with Crippen LogP contribution in [0.4, 0.5) is 5.69 Å². The summed E-state index contributed by atoms with van der Waals surface area (Å²) in [6.07, 6.45) is 0. The van der Waals surface area contributed by atoms with E-state index in [0.29, 0.717) is 0 Å². The number of ether oxygens (including phenoxy) is 2. The van der Waals surface area contributed by atoms with Gasteiger partial charge in [-0.2, -0.15) is 0 Å². The van der Waals surface area contributed by atoms with Crippen LogP contribution < -0.4 is 5.32 Å². The van der Waals surface area contributed by atoms with Gasteiger partial charge in [0.2, 0.25) is 0 Å². The number of carbonyl (C=O) groups is 3. The van der Waals surface area contributed by atoms with Crippen LogP contribution >= 0.6 is 0 Å². The smallest absolute Gasteiger partial charge is 0.396 e. The lowest BCUT2D eigenvalue weighted by atomic mass is 10.2. The van der Waals surface area contributed by atoms with Crippen molar-refractivity contribution < 1.29 is 23.9 Å². The number of anilines is 1. The molecule has 0 saturated carbocycles. The normalized spacial score (nSPS) is 9.29. The van der Waals surface area contributed by atoms with E-state index in [-0.39, 0.29) is 11.3 Å². The van der Waals surface area contributed by atoms with Gasteiger partial charge < -0.3 is 14.8 Å². The van der Waals surface area contributed by atoms with E-state index < -0.39 is 17.8 Å². The summed E-state index contributed by atoms with van der Waals surface area (Å²) in [5, 5.41) is 2.26. The fourth-order valence-electron chi connectivity index (χ4n) is 1.15. The Morgan fingerprint density at radius 3 is 2.29 bits per heavy atom. The monoisotopic (exact) mass is 237 g/mol. The third-order valence-corrected chi connectivity index (χ3v) is 1.95. The van der Waals surface area contributed by atoms with Crippen LogP contribution in [0, 0.1) is 0 Å². The standard InChI is InChI=1S/C11H11NO5/c1-16-10(14)7-5-3-4-6-8(7)12-9(13)11(15)17-2/h3-6H,1-2H3,(H,12,13). The Balaban J connectivity index is 2.95. The molecule has 1 N–H and O–H groups in total. The van der Waals surface area contributed by atoms with Crippen LogP contribution in [-0.2, 0) is 19.1 Å². The first kappa shape index (κ1) is 12.7. The molecular formula is C11H11NO5. The largest absolute Gasteiger partial charge is 0.465 e. The molecule has 0 radical (unpaired) electrons. The fraction of sp³-hybridized carbons (Fsp3) is 0.182. The molecule has 1 rings (SSSR count). The molecule has 1 aromatic carbocycles. The summed E-state index contributed by atoms with van der Waals surface area (Å²) in [7, 11) is 2.31. The van der Waals surface area contributed by atoms with E-state index in [1.807, 2.05) is 0 Å². The van der Waals surface area contributed by atoms with Gasteiger partial charge in [0.25, 0.3) is 0 Å². The molecule has 0 heterocycles. The van der Waals surface area contributed by atoms with Gasteiger partial charge in [-0.1, -0.05) is 12.1 Å². The van der Waals surface area contributed by atoms with E-state index in [4.69, 9.17) is 0 Å². The summed E-state index contributed by atoms with van der Waals surface area (Å²) in [6.45, 7) is 0. The molecule has 0 aliphatic carbocycles. The first-order valence-corrected chi connectivity index (χ1v) is 4.66. The minimum atomic E-state index is -1.04. The number of amides is 1. The molecule has 0 fully saturated rings. The summed E-state index contributed by atoms with van der Waals surface area (Å²) in [5.41, 5.74) is 0.349. The highest BCUT2D eigenvalue weighted by Gasteiger charge is 2.18. The highest BCUT2D eigenvalue weighted by Crippen LogP contribution is 2.15. The Labute approximate surface area is 97.5 Å². The average molecular weight is 237 g/mol. The van der Waals surface area contributed by atoms with Crippen molar-refractivity contribution in [1.82, 2.24) is 0 Å². The second-order valence-electron chi connectivity index (χ2n) is 2.98. The van der Waals surface area contributed by atoms with Gasteiger partial charge in [-0.3, -0.25) is 4.79 Å². The van der Waals surface area contributed by atoms with Gasteiger partial charge in [0.05, 0.1) is 25.5 Å². The molecule has 6 heteroatoms. The lowest BCUT2D eigenvalue weighted by Crippen LogP contribution is -2.25. The quantitative estimate of drug-likeness (QED) is 0.601. The molecule has 1 aromatic rings. The van der Waals surface area contributed by atoms with Gasteiger partial charge in [-0.15, -0.1) is 0 Å². The van der Waals surface area contributed by atoms with Gasteiger partial charge in [-0.25, -0.2) is 9.59 Å². The zero-order chi connectivity index (χ0) is 12.8. The van der Waals surface area contributed by atoms with Crippen LogP contribution in [0.2, 0.25) is 0 Å². The molecule has 0 saturated heterocycles. The third-order valence-electron chi connectivity index (χ3n) is 1.95. The van der Waals surface area contributed by atoms with E-state index in [1.165, 1.54) is 19.2 Å². The number of hydrogen-bond acceptors (Lipinski definition) is 5. The van der Waals surface area contributed by atoms with Crippen LogP contribution in [-0.4, -0.2) is 32.1 Å². The first-order valence-electron chi connectivity index (χ1n) is 4.66. The molecule has 6 nitrogen and oxygen atoms in total. The predicted octanol–water partition coefficient (Wildman–Crippen LogP) is 0.585. The highest BCUT2D eigenvalue weighted by atomic mass is 16.5. The van der Waals surface area contributed by atoms with Crippen molar-refractivity contribution in [3.05, 3.63) is 29.8 Å². The second kappa shape index (κ2) is 5.64. The Bertz CT molecular complexity index is 455. The SMILES string of the molecule is COC(=O)C(=O)Nc1ccccc1C(=O)OC. The molecule has 0 atom stereocenters. The van der Waals surface area contributed by atoms with Gasteiger partial charge in [-0.05, 0) is 12.1 Å². The molecule has 0 aliphatic rings. The number of rotatable bonds is 2. The number of methoxy groups -OCH3 is 2. The van der Waals surface area contributed by atoms with E-state index >= 15 is 0 Å². The minimum absolute atomic E-state index is 0.159. The molecule has 0 unspecified atom stereocenters. The van der Waals surface area contributed by atoms with Crippen LogP contribution in [0.25, 0.3) is 0 Å². The first-order chi connectivity index (χ1) is 8.10. The molecule has 0 aliphatic heterocycles. The number of para-hydroxylation sites is 1. The van der Waals surface area contributed by atoms with Gasteiger partial charge in [0.15, 0.2) is 0 Å². The minimum Gasteiger partial charge on any atom is -0.465 e. The number of carbonyl (C=O) groups excluding carboxylic acids is 3. The summed E-state index contributed by atoms with van der Waals surface area (Å²) in [5.74, 6) is -2.60. The van der Waals surface area contributed by atoms with Gasteiger partial charge >= 0.3 is 17.8 Å². The second-order valence-corrected chi connectivity index (χ2v) is 2.98. The average Bonchev–Trinajstić information content (AvgIpc) is 2.37.